The molecule has 20 heavy (non-hydrogen) atoms. The molecule has 0 saturated carbocycles. The van der Waals surface area contributed by atoms with Gasteiger partial charge in [-0.25, -0.2) is 4.98 Å². The number of aromatic amines is 1. The Hall–Kier alpha value is -2.24. The Labute approximate surface area is 117 Å². The fraction of sp³-hybridized carbons (Fsp3) is 0.429. The van der Waals surface area contributed by atoms with Gasteiger partial charge in [0.2, 0.25) is 11.5 Å². The second-order valence-corrected chi connectivity index (χ2v) is 4.63. The second-order valence-electron chi connectivity index (χ2n) is 4.63. The van der Waals surface area contributed by atoms with Crippen molar-refractivity contribution in [2.75, 3.05) is 5.32 Å². The van der Waals surface area contributed by atoms with Crippen LogP contribution in [0.1, 0.15) is 36.5 Å². The van der Waals surface area contributed by atoms with Crippen molar-refractivity contribution in [1.82, 2.24) is 20.2 Å². The first-order chi connectivity index (χ1) is 9.62. The number of rotatable bonds is 5. The molecule has 0 fully saturated rings. The van der Waals surface area contributed by atoms with Gasteiger partial charge in [-0.1, -0.05) is 13.8 Å². The van der Waals surface area contributed by atoms with E-state index in [0.717, 1.165) is 35.5 Å². The molecule has 6 heteroatoms. The van der Waals surface area contributed by atoms with Gasteiger partial charge >= 0.3 is 0 Å². The molecule has 106 valence electrons. The van der Waals surface area contributed by atoms with E-state index in [1.54, 1.807) is 6.07 Å². The summed E-state index contributed by atoms with van der Waals surface area (Å²) in [5, 5.41) is 11.3. The van der Waals surface area contributed by atoms with Gasteiger partial charge in [0.1, 0.15) is 0 Å². The molecule has 6 nitrogen and oxygen atoms in total. The van der Waals surface area contributed by atoms with Crippen LogP contribution in [0, 0.1) is 6.92 Å². The van der Waals surface area contributed by atoms with E-state index in [-0.39, 0.29) is 5.56 Å². The highest BCUT2D eigenvalue weighted by Crippen LogP contribution is 2.08. The minimum Gasteiger partial charge on any atom is -0.349 e. The van der Waals surface area contributed by atoms with E-state index in [9.17, 15) is 4.79 Å². The minimum absolute atomic E-state index is 0.101. The van der Waals surface area contributed by atoms with Crippen LogP contribution in [0.3, 0.4) is 0 Å². The highest BCUT2D eigenvalue weighted by atomic mass is 16.1. The van der Waals surface area contributed by atoms with Gasteiger partial charge in [0.15, 0.2) is 0 Å². The summed E-state index contributed by atoms with van der Waals surface area (Å²) in [4.78, 5) is 18.5. The summed E-state index contributed by atoms with van der Waals surface area (Å²) in [6, 6.07) is 3.48. The lowest BCUT2D eigenvalue weighted by molar-refractivity contribution is 0.819. The Kier molecular flexibility index (Phi) is 4.45. The van der Waals surface area contributed by atoms with Crippen molar-refractivity contribution in [3.05, 3.63) is 45.1 Å². The van der Waals surface area contributed by atoms with Crippen molar-refractivity contribution in [3.63, 3.8) is 0 Å². The van der Waals surface area contributed by atoms with E-state index in [1.165, 1.54) is 0 Å². The molecule has 0 bridgehead atoms. The van der Waals surface area contributed by atoms with Crippen LogP contribution >= 0.6 is 0 Å². The molecule has 2 aromatic rings. The molecule has 0 radical (unpaired) electrons. The minimum atomic E-state index is -0.101. The van der Waals surface area contributed by atoms with Crippen LogP contribution in [0.5, 0.6) is 0 Å². The average molecular weight is 273 g/mol. The summed E-state index contributed by atoms with van der Waals surface area (Å²) < 4.78 is 0. The standard InChI is InChI=1S/C14H19N5O/c1-4-11-12(5-2)18-19-14(17-11)15-8-10-6-9(3)16-13(20)7-10/h6-7H,4-5,8H2,1-3H3,(H,16,20)(H,15,17,19). The molecule has 0 aliphatic carbocycles. The predicted molar refractivity (Wildman–Crippen MR) is 77.7 cm³/mol. The number of hydrogen-bond donors (Lipinski definition) is 2. The number of H-pyrrole nitrogens is 1. The van der Waals surface area contributed by atoms with E-state index in [0.29, 0.717) is 12.5 Å². The van der Waals surface area contributed by atoms with Crippen LogP contribution in [0.4, 0.5) is 5.95 Å². The van der Waals surface area contributed by atoms with Gasteiger partial charge < -0.3 is 10.3 Å². The maximum Gasteiger partial charge on any atom is 0.248 e. The Bertz CT molecular complexity index is 650. The number of aryl methyl sites for hydroxylation is 3. The van der Waals surface area contributed by atoms with Crippen LogP contribution < -0.4 is 10.9 Å². The third kappa shape index (κ3) is 3.40. The lowest BCUT2D eigenvalue weighted by atomic mass is 10.2. The van der Waals surface area contributed by atoms with Gasteiger partial charge in [-0.05, 0) is 31.4 Å². The molecular formula is C14H19N5O. The number of nitrogens with zero attached hydrogens (tertiary/aromatic N) is 3. The topological polar surface area (TPSA) is 83.6 Å². The number of aromatic nitrogens is 4. The molecule has 0 amide bonds. The molecule has 0 atom stereocenters. The fourth-order valence-electron chi connectivity index (χ4n) is 2.05. The molecular weight excluding hydrogens is 254 g/mol. The molecule has 2 heterocycles. The summed E-state index contributed by atoms with van der Waals surface area (Å²) in [6.45, 7) is 6.44. The van der Waals surface area contributed by atoms with E-state index in [4.69, 9.17) is 0 Å². The van der Waals surface area contributed by atoms with E-state index < -0.39 is 0 Å². The maximum absolute atomic E-state index is 11.4. The summed E-state index contributed by atoms with van der Waals surface area (Å²) in [7, 11) is 0. The molecule has 2 N–H and O–H groups in total. The predicted octanol–water partition coefficient (Wildman–Crippen LogP) is 1.61. The van der Waals surface area contributed by atoms with Crippen molar-refractivity contribution in [2.24, 2.45) is 0 Å². The van der Waals surface area contributed by atoms with Crippen molar-refractivity contribution in [3.8, 4) is 0 Å². The average Bonchev–Trinajstić information content (AvgIpc) is 2.43. The zero-order chi connectivity index (χ0) is 14.5. The molecule has 0 aliphatic rings. The number of hydrogen-bond acceptors (Lipinski definition) is 5. The highest BCUT2D eigenvalue weighted by Gasteiger charge is 2.06. The first-order valence-corrected chi connectivity index (χ1v) is 6.78. The van der Waals surface area contributed by atoms with Gasteiger partial charge in [-0.2, -0.15) is 5.10 Å². The van der Waals surface area contributed by atoms with E-state index in [1.807, 2.05) is 26.8 Å². The lowest BCUT2D eigenvalue weighted by Gasteiger charge is -2.08. The molecule has 0 unspecified atom stereocenters. The molecule has 2 aromatic heterocycles. The zero-order valence-electron chi connectivity index (χ0n) is 12.0. The lowest BCUT2D eigenvalue weighted by Crippen LogP contribution is -2.12. The van der Waals surface area contributed by atoms with Crippen LogP contribution in [0.25, 0.3) is 0 Å². The molecule has 2 rings (SSSR count). The zero-order valence-corrected chi connectivity index (χ0v) is 12.0. The van der Waals surface area contributed by atoms with Crippen LogP contribution in [0.15, 0.2) is 16.9 Å². The van der Waals surface area contributed by atoms with E-state index >= 15 is 0 Å². The van der Waals surface area contributed by atoms with Crippen LogP contribution in [0.2, 0.25) is 0 Å². The number of nitrogens with one attached hydrogen (secondary N) is 2. The smallest absolute Gasteiger partial charge is 0.248 e. The monoisotopic (exact) mass is 273 g/mol. The summed E-state index contributed by atoms with van der Waals surface area (Å²) in [5.41, 5.74) is 3.53. The van der Waals surface area contributed by atoms with Gasteiger partial charge in [-0.15, -0.1) is 5.10 Å². The number of pyridine rings is 1. The Morgan fingerprint density at radius 3 is 2.55 bits per heavy atom. The van der Waals surface area contributed by atoms with Gasteiger partial charge in [0.05, 0.1) is 11.4 Å². The van der Waals surface area contributed by atoms with Crippen LogP contribution in [-0.2, 0) is 19.4 Å². The third-order valence-corrected chi connectivity index (χ3v) is 3.00. The fourth-order valence-corrected chi connectivity index (χ4v) is 2.05. The van der Waals surface area contributed by atoms with Gasteiger partial charge in [0, 0.05) is 18.3 Å². The third-order valence-electron chi connectivity index (χ3n) is 3.00. The first kappa shape index (κ1) is 14.2. The Balaban J connectivity index is 2.12. The van der Waals surface area contributed by atoms with Crippen molar-refractivity contribution >= 4 is 5.95 Å². The van der Waals surface area contributed by atoms with Crippen LogP contribution in [-0.4, -0.2) is 20.2 Å². The molecule has 0 saturated heterocycles. The molecule has 0 aliphatic heterocycles. The van der Waals surface area contributed by atoms with Crippen molar-refractivity contribution in [2.45, 2.75) is 40.2 Å². The Morgan fingerprint density at radius 2 is 1.90 bits per heavy atom. The summed E-state index contributed by atoms with van der Waals surface area (Å²) >= 11 is 0. The van der Waals surface area contributed by atoms with Gasteiger partial charge in [-0.3, -0.25) is 4.79 Å². The SMILES string of the molecule is CCc1nnc(NCc2cc(C)[nH]c(=O)c2)nc1CC. The van der Waals surface area contributed by atoms with Crippen molar-refractivity contribution < 1.29 is 0 Å². The molecule has 0 aromatic carbocycles. The second kappa shape index (κ2) is 6.27. The quantitative estimate of drug-likeness (QED) is 0.864. The normalized spacial score (nSPS) is 10.6. The largest absolute Gasteiger partial charge is 0.349 e. The Morgan fingerprint density at radius 1 is 1.15 bits per heavy atom. The summed E-state index contributed by atoms with van der Waals surface area (Å²) in [5.74, 6) is 0.497. The van der Waals surface area contributed by atoms with Crippen molar-refractivity contribution in [1.29, 1.82) is 0 Å². The number of anilines is 1. The highest BCUT2D eigenvalue weighted by molar-refractivity contribution is 5.28. The maximum atomic E-state index is 11.4. The molecule has 0 spiro atoms. The van der Waals surface area contributed by atoms with E-state index in [2.05, 4.69) is 25.5 Å². The van der Waals surface area contributed by atoms with Gasteiger partial charge in [0.25, 0.3) is 0 Å². The summed E-state index contributed by atoms with van der Waals surface area (Å²) in [6.07, 6.45) is 1.66. The first-order valence-electron chi connectivity index (χ1n) is 6.78.